The molecule has 0 radical (unpaired) electrons. The van der Waals surface area contributed by atoms with Gasteiger partial charge in [-0.1, -0.05) is 65.0 Å². The van der Waals surface area contributed by atoms with E-state index in [0.29, 0.717) is 6.42 Å². The van der Waals surface area contributed by atoms with E-state index < -0.39 is 0 Å². The summed E-state index contributed by atoms with van der Waals surface area (Å²) in [4.78, 5) is 56.3. The normalized spacial score (nSPS) is 15.3. The maximum absolute atomic E-state index is 13.2. The molecule has 1 aromatic carbocycles. The number of hydrogen-bond donors (Lipinski definition) is 1. The zero-order valence-electron chi connectivity index (χ0n) is 23.8. The molecule has 8 nitrogen and oxygen atoms in total. The van der Waals surface area contributed by atoms with Crippen LogP contribution in [-0.4, -0.2) is 84.1 Å². The molecule has 1 fully saturated rings. The van der Waals surface area contributed by atoms with Crippen molar-refractivity contribution >= 4 is 23.6 Å². The number of likely N-dealkylation sites (N-methyl/N-ethyl adjacent to an activating group) is 1. The first-order valence-corrected chi connectivity index (χ1v) is 13.5. The Morgan fingerprint density at radius 3 is 2.16 bits per heavy atom. The third kappa shape index (κ3) is 8.04. The molecule has 0 unspecified atom stereocenters. The van der Waals surface area contributed by atoms with Crippen molar-refractivity contribution in [2.45, 2.75) is 72.3 Å². The minimum atomic E-state index is -0.390. The van der Waals surface area contributed by atoms with E-state index in [1.54, 1.807) is 16.8 Å². The van der Waals surface area contributed by atoms with Crippen molar-refractivity contribution in [3.8, 4) is 0 Å². The topological polar surface area (TPSA) is 90.0 Å². The van der Waals surface area contributed by atoms with Crippen LogP contribution in [0.4, 0.5) is 0 Å². The van der Waals surface area contributed by atoms with E-state index in [0.717, 1.165) is 31.5 Å². The van der Waals surface area contributed by atoms with E-state index in [1.807, 2.05) is 51.1 Å². The Hall–Kier alpha value is -2.90. The van der Waals surface area contributed by atoms with Gasteiger partial charge >= 0.3 is 0 Å². The van der Waals surface area contributed by atoms with Crippen LogP contribution in [0.15, 0.2) is 30.3 Å². The van der Waals surface area contributed by atoms with Gasteiger partial charge in [0.2, 0.25) is 23.6 Å². The first kappa shape index (κ1) is 30.3. The molecule has 1 heterocycles. The van der Waals surface area contributed by atoms with Gasteiger partial charge in [0.1, 0.15) is 0 Å². The largest absolute Gasteiger partial charge is 0.347 e. The molecule has 1 N–H and O–H groups in total. The first-order valence-electron chi connectivity index (χ1n) is 13.5. The van der Waals surface area contributed by atoms with E-state index in [2.05, 4.69) is 19.2 Å². The third-order valence-corrected chi connectivity index (χ3v) is 7.83. The lowest BCUT2D eigenvalue weighted by Gasteiger charge is -2.36. The molecule has 0 aliphatic carbocycles. The van der Waals surface area contributed by atoms with Crippen molar-refractivity contribution < 1.29 is 19.2 Å². The molecule has 0 saturated carbocycles. The second kappa shape index (κ2) is 13.6. The van der Waals surface area contributed by atoms with Crippen LogP contribution in [0.2, 0.25) is 0 Å². The molecule has 4 amide bonds. The van der Waals surface area contributed by atoms with Crippen LogP contribution < -0.4 is 5.32 Å². The predicted octanol–water partition coefficient (Wildman–Crippen LogP) is 3.06. The molecule has 2 rings (SSSR count). The highest BCUT2D eigenvalue weighted by molar-refractivity contribution is 5.87. The van der Waals surface area contributed by atoms with Gasteiger partial charge in [0.25, 0.3) is 0 Å². The molecule has 1 aliphatic heterocycles. The molecule has 1 aromatic rings. The van der Waals surface area contributed by atoms with Crippen molar-refractivity contribution in [1.82, 2.24) is 20.0 Å². The van der Waals surface area contributed by atoms with Crippen LogP contribution in [-0.2, 0) is 24.6 Å². The van der Waals surface area contributed by atoms with Crippen LogP contribution in [0.25, 0.3) is 0 Å². The van der Waals surface area contributed by atoms with Crippen molar-refractivity contribution in [3.63, 3.8) is 0 Å². The summed E-state index contributed by atoms with van der Waals surface area (Å²) < 4.78 is 0. The average molecular weight is 515 g/mol. The molecule has 8 heteroatoms. The zero-order valence-corrected chi connectivity index (χ0v) is 23.8. The van der Waals surface area contributed by atoms with E-state index in [1.165, 1.54) is 11.8 Å². The maximum Gasteiger partial charge on any atom is 0.242 e. The summed E-state index contributed by atoms with van der Waals surface area (Å²) in [6, 6.07) is 9.65. The summed E-state index contributed by atoms with van der Waals surface area (Å²) in [7, 11) is 1.70. The van der Waals surface area contributed by atoms with E-state index in [4.69, 9.17) is 0 Å². The second-order valence-electron chi connectivity index (χ2n) is 11.1. The quantitative estimate of drug-likeness (QED) is 0.464. The molecule has 0 bridgehead atoms. The Labute approximate surface area is 222 Å². The smallest absolute Gasteiger partial charge is 0.242 e. The number of nitrogens with one attached hydrogen (secondary N) is 1. The minimum Gasteiger partial charge on any atom is -0.347 e. The lowest BCUT2D eigenvalue weighted by molar-refractivity contribution is -0.141. The monoisotopic (exact) mass is 514 g/mol. The highest BCUT2D eigenvalue weighted by Gasteiger charge is 2.36. The fourth-order valence-corrected chi connectivity index (χ4v) is 5.23. The van der Waals surface area contributed by atoms with Gasteiger partial charge in [-0.2, -0.15) is 0 Å². The van der Waals surface area contributed by atoms with Crippen LogP contribution in [0.3, 0.4) is 0 Å². The summed E-state index contributed by atoms with van der Waals surface area (Å²) in [5, 5.41) is 2.86. The van der Waals surface area contributed by atoms with Gasteiger partial charge in [0.15, 0.2) is 0 Å². The number of amides is 4. The Morgan fingerprint density at radius 1 is 1.05 bits per heavy atom. The lowest BCUT2D eigenvalue weighted by atomic mass is 9.71. The number of carbonyl (C=O) groups is 4. The fourth-order valence-electron chi connectivity index (χ4n) is 5.23. The van der Waals surface area contributed by atoms with Crippen molar-refractivity contribution in [3.05, 3.63) is 35.9 Å². The molecule has 206 valence electrons. The Kier molecular flexibility index (Phi) is 11.1. The molecular weight excluding hydrogens is 468 g/mol. The summed E-state index contributed by atoms with van der Waals surface area (Å²) >= 11 is 0. The Morgan fingerprint density at radius 2 is 1.65 bits per heavy atom. The molecule has 0 spiro atoms. The summed E-state index contributed by atoms with van der Waals surface area (Å²) in [6.07, 6.45) is 2.63. The van der Waals surface area contributed by atoms with E-state index in [9.17, 15) is 19.2 Å². The van der Waals surface area contributed by atoms with Crippen molar-refractivity contribution in [2.75, 3.05) is 39.8 Å². The van der Waals surface area contributed by atoms with Gasteiger partial charge in [-0.25, -0.2) is 0 Å². The fraction of sp³-hybridized carbons (Fsp3) is 0.655. The standard InChI is InChI=1S/C29H46N4O4/c1-8-24(29(5,6)23-14-10-9-11-15-23)28(37)30-18-26(35)31(7)25(21(2)3)19-33(22(4)34)20-27(36)32-16-12-13-17-32/h9-11,14-15,21,24-25H,8,12-13,16-20H2,1-7H3,(H,30,37)/t24-,25-/m1/s1. The molecule has 1 aliphatic rings. The number of hydrogen-bond acceptors (Lipinski definition) is 4. The van der Waals surface area contributed by atoms with E-state index >= 15 is 0 Å². The Balaban J connectivity index is 2.03. The Bertz CT molecular complexity index is 925. The second-order valence-corrected chi connectivity index (χ2v) is 11.1. The van der Waals surface area contributed by atoms with Gasteiger partial charge in [0.05, 0.1) is 19.1 Å². The molecule has 2 atom stereocenters. The van der Waals surface area contributed by atoms with Crippen LogP contribution >= 0.6 is 0 Å². The number of benzene rings is 1. The predicted molar refractivity (Wildman–Crippen MR) is 146 cm³/mol. The van der Waals surface area contributed by atoms with Crippen LogP contribution in [0.5, 0.6) is 0 Å². The van der Waals surface area contributed by atoms with Gasteiger partial charge in [-0.15, -0.1) is 0 Å². The van der Waals surface area contributed by atoms with E-state index in [-0.39, 0.29) is 66.6 Å². The number of carbonyl (C=O) groups excluding carboxylic acids is 4. The molecule has 1 saturated heterocycles. The third-order valence-electron chi connectivity index (χ3n) is 7.83. The van der Waals surface area contributed by atoms with Crippen LogP contribution in [0, 0.1) is 11.8 Å². The number of nitrogens with zero attached hydrogens (tertiary/aromatic N) is 3. The highest BCUT2D eigenvalue weighted by Crippen LogP contribution is 2.33. The minimum absolute atomic E-state index is 0.0179. The summed E-state index contributed by atoms with van der Waals surface area (Å²) in [5.74, 6) is -0.869. The van der Waals surface area contributed by atoms with Gasteiger partial charge < -0.3 is 20.0 Å². The van der Waals surface area contributed by atoms with Crippen LogP contribution in [0.1, 0.15) is 66.4 Å². The highest BCUT2D eigenvalue weighted by atomic mass is 16.2. The average Bonchev–Trinajstić information content (AvgIpc) is 3.40. The number of rotatable bonds is 12. The van der Waals surface area contributed by atoms with Gasteiger partial charge in [0, 0.05) is 44.9 Å². The summed E-state index contributed by atoms with van der Waals surface area (Å²) in [6.45, 7) is 13.2. The number of likely N-dealkylation sites (tertiary alicyclic amines) is 1. The van der Waals surface area contributed by atoms with Gasteiger partial charge in [-0.3, -0.25) is 19.2 Å². The molecule has 37 heavy (non-hydrogen) atoms. The zero-order chi connectivity index (χ0) is 27.8. The lowest BCUT2D eigenvalue weighted by Crippen LogP contribution is -2.53. The van der Waals surface area contributed by atoms with Crippen molar-refractivity contribution in [2.24, 2.45) is 11.8 Å². The van der Waals surface area contributed by atoms with Gasteiger partial charge in [-0.05, 0) is 30.7 Å². The van der Waals surface area contributed by atoms with Crippen molar-refractivity contribution in [1.29, 1.82) is 0 Å². The first-order chi connectivity index (χ1) is 17.4. The summed E-state index contributed by atoms with van der Waals surface area (Å²) in [5.41, 5.74) is 0.687. The molecule has 0 aromatic heterocycles. The molecular formula is C29H46N4O4. The SMILES string of the molecule is CC[C@H](C(=O)NCC(=O)N(C)[C@H](CN(CC(=O)N1CCCC1)C(C)=O)C(C)C)C(C)(C)c1ccccc1. The maximum atomic E-state index is 13.2.